The number of fused-ring (bicyclic) bond motifs is 3. The van der Waals surface area contributed by atoms with Crippen LogP contribution in [-0.2, 0) is 5.54 Å². The first-order valence-corrected chi connectivity index (χ1v) is 32.5. The number of para-hydroxylation sites is 3. The molecular weight excluding hydrogens is 1200 g/mol. The first kappa shape index (κ1) is 61.2. The zero-order chi connectivity index (χ0) is 66.5. The van der Waals surface area contributed by atoms with E-state index in [2.05, 4.69) is 191 Å². The van der Waals surface area contributed by atoms with Gasteiger partial charge in [-0.15, -0.1) is 0 Å². The van der Waals surface area contributed by atoms with Crippen LogP contribution >= 0.6 is 0 Å². The van der Waals surface area contributed by atoms with Gasteiger partial charge in [-0.1, -0.05) is 201 Å². The SMILES string of the molecule is C=C/C(=C\C(C1=C(c2ccccc2N)C(c2ccccc2)NC=C1)c1cc(-c2cc(-c3cccnc3)cc(-n3c4ccccc4c4c(-c5ccccc5)nccc43)n2)cc(C(N)(/C=C(\C=C)c2cccnc2)c2ccnc(-c3ccccc3)c2-c2ccccc2N)c1)c1cccnc1. The van der Waals surface area contributed by atoms with E-state index in [0.29, 0.717) is 34.1 Å². The van der Waals surface area contributed by atoms with E-state index < -0.39 is 11.5 Å². The number of hydrogen-bond donors (Lipinski definition) is 4. The molecule has 0 radical (unpaired) electrons. The first-order valence-electron chi connectivity index (χ1n) is 32.5. The second kappa shape index (κ2) is 26.8. The molecule has 0 aliphatic carbocycles. The molecule has 7 aromatic carbocycles. The van der Waals surface area contributed by atoms with E-state index in [1.165, 1.54) is 0 Å². The zero-order valence-corrected chi connectivity index (χ0v) is 53.6. The van der Waals surface area contributed by atoms with E-state index in [4.69, 9.17) is 37.1 Å². The lowest BCUT2D eigenvalue weighted by molar-refractivity contribution is 0.682. The second-order valence-electron chi connectivity index (χ2n) is 24.3. The summed E-state index contributed by atoms with van der Waals surface area (Å²) >= 11 is 0. The van der Waals surface area contributed by atoms with Crippen molar-refractivity contribution in [3.63, 3.8) is 0 Å². The lowest BCUT2D eigenvalue weighted by Crippen LogP contribution is -2.37. The summed E-state index contributed by atoms with van der Waals surface area (Å²) in [5.74, 6) is 0.103. The Morgan fingerprint density at radius 2 is 1.12 bits per heavy atom. The van der Waals surface area contributed by atoms with Gasteiger partial charge in [-0.05, 0) is 152 Å². The lowest BCUT2D eigenvalue weighted by Gasteiger charge is -2.34. The molecule has 0 amide bonds. The van der Waals surface area contributed by atoms with Crippen LogP contribution in [0.5, 0.6) is 0 Å². The summed E-state index contributed by atoms with van der Waals surface area (Å²) in [6.07, 6.45) is 27.1. The Hall–Kier alpha value is -13.0. The summed E-state index contributed by atoms with van der Waals surface area (Å²) in [4.78, 5) is 30.2. The van der Waals surface area contributed by atoms with Crippen molar-refractivity contribution in [2.75, 3.05) is 11.5 Å². The van der Waals surface area contributed by atoms with Gasteiger partial charge >= 0.3 is 0 Å². The van der Waals surface area contributed by atoms with Gasteiger partial charge in [-0.3, -0.25) is 29.5 Å². The van der Waals surface area contributed by atoms with Gasteiger partial charge in [0.15, 0.2) is 0 Å². The number of anilines is 2. The number of nitrogens with zero attached hydrogens (tertiary/aromatic N) is 7. The predicted molar refractivity (Wildman–Crippen MR) is 402 cm³/mol. The van der Waals surface area contributed by atoms with Crippen molar-refractivity contribution in [1.82, 2.24) is 39.8 Å². The Morgan fingerprint density at radius 1 is 0.520 bits per heavy atom. The Morgan fingerprint density at radius 3 is 1.80 bits per heavy atom. The topological polar surface area (TPSA) is 172 Å². The molecule has 15 rings (SSSR count). The van der Waals surface area contributed by atoms with Crippen LogP contribution in [0.15, 0.2) is 348 Å². The Labute approximate surface area is 569 Å². The number of nitrogens with two attached hydrogens (primary N) is 3. The molecule has 14 aromatic rings. The van der Waals surface area contributed by atoms with Gasteiger partial charge in [0.2, 0.25) is 0 Å². The molecule has 3 unspecified atom stereocenters. The normalized spacial score (nSPS) is 14.2. The molecular formula is C87H67N11. The van der Waals surface area contributed by atoms with Gasteiger partial charge in [0.1, 0.15) is 5.82 Å². The minimum absolute atomic E-state index is 0.340. The molecule has 98 heavy (non-hydrogen) atoms. The maximum atomic E-state index is 8.81. The fourth-order valence-electron chi connectivity index (χ4n) is 13.8. The molecule has 0 saturated heterocycles. The highest BCUT2D eigenvalue weighted by molar-refractivity contribution is 6.14. The van der Waals surface area contributed by atoms with Gasteiger partial charge in [0.25, 0.3) is 0 Å². The first-order chi connectivity index (χ1) is 48.2. The third-order valence-corrected chi connectivity index (χ3v) is 18.4. The third kappa shape index (κ3) is 11.6. The van der Waals surface area contributed by atoms with Crippen molar-refractivity contribution >= 4 is 49.9 Å². The molecule has 1 aliphatic heterocycles. The van der Waals surface area contributed by atoms with E-state index in [0.717, 1.165) is 122 Å². The van der Waals surface area contributed by atoms with Crippen LogP contribution < -0.4 is 22.5 Å². The van der Waals surface area contributed by atoms with Crippen molar-refractivity contribution in [2.45, 2.75) is 17.5 Å². The van der Waals surface area contributed by atoms with Crippen LogP contribution in [-0.4, -0.2) is 34.5 Å². The number of allylic oxidation sites excluding steroid dienone is 7. The number of nitrogens with one attached hydrogen (secondary N) is 1. The van der Waals surface area contributed by atoms with Gasteiger partial charge in [0, 0.05) is 117 Å². The number of pyridine rings is 6. The predicted octanol–water partition coefficient (Wildman–Crippen LogP) is 18.8. The molecule has 0 spiro atoms. The lowest BCUT2D eigenvalue weighted by atomic mass is 9.74. The van der Waals surface area contributed by atoms with Gasteiger partial charge in [0.05, 0.1) is 39.7 Å². The van der Waals surface area contributed by atoms with E-state index in [1.54, 1.807) is 18.6 Å². The molecule has 470 valence electrons. The minimum atomic E-state index is -1.57. The van der Waals surface area contributed by atoms with Crippen molar-refractivity contribution in [2.24, 2.45) is 5.73 Å². The summed E-state index contributed by atoms with van der Waals surface area (Å²) in [6, 6.07) is 82.3. The van der Waals surface area contributed by atoms with Gasteiger partial charge in [-0.25, -0.2) is 4.98 Å². The monoisotopic (exact) mass is 1270 g/mol. The highest BCUT2D eigenvalue weighted by atomic mass is 15.1. The molecule has 3 atom stereocenters. The molecule has 0 fully saturated rings. The Kier molecular flexibility index (Phi) is 16.7. The molecule has 0 bridgehead atoms. The minimum Gasteiger partial charge on any atom is -0.398 e. The van der Waals surface area contributed by atoms with Crippen molar-refractivity contribution in [1.29, 1.82) is 0 Å². The van der Waals surface area contributed by atoms with E-state index in [9.17, 15) is 0 Å². The van der Waals surface area contributed by atoms with Gasteiger partial charge in [-0.2, -0.15) is 0 Å². The maximum absolute atomic E-state index is 8.81. The number of aromatic nitrogens is 7. The van der Waals surface area contributed by atoms with Crippen molar-refractivity contribution in [3.05, 3.63) is 386 Å². The quantitative estimate of drug-likeness (QED) is 0.0478. The second-order valence-corrected chi connectivity index (χ2v) is 24.3. The van der Waals surface area contributed by atoms with Crippen LogP contribution in [0.25, 0.3) is 100 Å². The number of benzene rings is 7. The van der Waals surface area contributed by atoms with E-state index in [-0.39, 0.29) is 6.04 Å². The van der Waals surface area contributed by atoms with Crippen LogP contribution in [0, 0.1) is 0 Å². The average Bonchev–Trinajstić information content (AvgIpc) is 1.29. The molecule has 1 aliphatic rings. The summed E-state index contributed by atoms with van der Waals surface area (Å²) in [6.45, 7) is 8.96. The highest BCUT2D eigenvalue weighted by Crippen LogP contribution is 2.49. The summed E-state index contributed by atoms with van der Waals surface area (Å²) < 4.78 is 2.26. The number of rotatable bonds is 18. The molecule has 0 saturated carbocycles. The van der Waals surface area contributed by atoms with Gasteiger partial charge < -0.3 is 22.5 Å². The summed E-state index contributed by atoms with van der Waals surface area (Å²) in [7, 11) is 0. The zero-order valence-electron chi connectivity index (χ0n) is 53.6. The van der Waals surface area contributed by atoms with Crippen LogP contribution in [0.3, 0.4) is 0 Å². The largest absolute Gasteiger partial charge is 0.398 e. The number of hydrogen-bond acceptors (Lipinski definition) is 10. The molecule has 7 N–H and O–H groups in total. The van der Waals surface area contributed by atoms with Crippen molar-refractivity contribution in [3.8, 4) is 61.8 Å². The molecule has 11 nitrogen and oxygen atoms in total. The van der Waals surface area contributed by atoms with Crippen LogP contribution in [0.1, 0.15) is 50.9 Å². The standard InChI is InChI=1S/C87H67N11/c1-3-57(62-29-20-41-91-54-62)50-73(69-38-44-94-84(59-23-8-5-9-24-59)81(69)70-32-14-17-35-75(70)88)66-47-67(77-51-65(64-31-22-43-93-56-64)52-80(97-77)98-78-37-19-16-34-72(78)83-79(98)40-46-96-86(83)61-27-12-7-13-28-61)49-68(48-66)87(90,53-58(4-2)63-30-21-42-92-55-63)74-39-45-95-85(60-25-10-6-11-26-60)82(74)71-33-15-18-36-76(71)89/h3-56,73,84,94H,1-2,88-90H2/b57-50+,58-53+. The number of dihydropyridines is 1. The van der Waals surface area contributed by atoms with Crippen LogP contribution in [0.2, 0.25) is 0 Å². The van der Waals surface area contributed by atoms with Crippen molar-refractivity contribution < 1.29 is 0 Å². The third-order valence-electron chi connectivity index (χ3n) is 18.4. The molecule has 11 heteroatoms. The smallest absolute Gasteiger partial charge is 0.138 e. The van der Waals surface area contributed by atoms with E-state index >= 15 is 0 Å². The summed E-state index contributed by atoms with van der Waals surface area (Å²) in [5, 5.41) is 5.83. The Bertz CT molecular complexity index is 5430. The van der Waals surface area contributed by atoms with Crippen LogP contribution in [0.4, 0.5) is 11.4 Å². The average molecular weight is 1270 g/mol. The van der Waals surface area contributed by atoms with E-state index in [1.807, 2.05) is 152 Å². The number of nitrogen functional groups attached to an aromatic ring is 2. The summed E-state index contributed by atoms with van der Waals surface area (Å²) in [5.41, 5.74) is 42.4. The molecule has 7 aromatic heterocycles. The fraction of sp³-hybridized carbons (Fsp3) is 0.0345. The Balaban J connectivity index is 1.11. The maximum Gasteiger partial charge on any atom is 0.138 e. The highest BCUT2D eigenvalue weighted by Gasteiger charge is 2.36. The molecule has 8 heterocycles. The fourth-order valence-corrected chi connectivity index (χ4v) is 13.8.